The Balaban J connectivity index is 1.14. The number of benzene rings is 1. The minimum atomic E-state index is -0.312. The molecule has 3 aliphatic heterocycles. The molecule has 3 aliphatic rings. The third-order valence-corrected chi connectivity index (χ3v) is 7.52. The maximum absolute atomic E-state index is 13.2. The van der Waals surface area contributed by atoms with E-state index in [2.05, 4.69) is 39.0 Å². The standard InChI is InChI=1S/C28H37FN4O3/c29-12-18-31-13-3-7-24(11-17-31)36-26-9-8-25-27(30-26)35-20-19-33(28(25)34)15-4-14-32-16-10-22-5-1-2-6-23(22)21-32/h1-2,5-6,8-9,24H,3-4,7,10-21H2. The molecule has 1 atom stereocenters. The molecule has 0 aliphatic carbocycles. The van der Waals surface area contributed by atoms with Crippen molar-refractivity contribution in [3.8, 4) is 11.8 Å². The minimum Gasteiger partial charge on any atom is -0.475 e. The van der Waals surface area contributed by atoms with Gasteiger partial charge in [-0.25, -0.2) is 4.39 Å². The van der Waals surface area contributed by atoms with Gasteiger partial charge in [-0.3, -0.25) is 9.69 Å². The van der Waals surface area contributed by atoms with E-state index in [9.17, 15) is 9.18 Å². The van der Waals surface area contributed by atoms with Gasteiger partial charge < -0.3 is 19.3 Å². The molecule has 36 heavy (non-hydrogen) atoms. The average molecular weight is 497 g/mol. The molecule has 0 radical (unpaired) electrons. The number of pyridine rings is 1. The van der Waals surface area contributed by atoms with Gasteiger partial charge in [-0.1, -0.05) is 24.3 Å². The lowest BCUT2D eigenvalue weighted by molar-refractivity contribution is 0.0746. The summed E-state index contributed by atoms with van der Waals surface area (Å²) in [4.78, 5) is 24.3. The van der Waals surface area contributed by atoms with Crippen LogP contribution in [0.15, 0.2) is 36.4 Å². The fourth-order valence-electron chi connectivity index (χ4n) is 5.49. The summed E-state index contributed by atoms with van der Waals surface area (Å²) in [6.07, 6.45) is 4.79. The summed E-state index contributed by atoms with van der Waals surface area (Å²) in [5, 5.41) is 0. The minimum absolute atomic E-state index is 0.0260. The predicted octanol–water partition coefficient (Wildman–Crippen LogP) is 3.57. The van der Waals surface area contributed by atoms with Crippen molar-refractivity contribution in [2.75, 3.05) is 59.1 Å². The number of rotatable bonds is 8. The topological polar surface area (TPSA) is 58.1 Å². The number of nitrogens with zero attached hydrogens (tertiary/aromatic N) is 4. The van der Waals surface area contributed by atoms with Gasteiger partial charge >= 0.3 is 0 Å². The Labute approximate surface area is 213 Å². The van der Waals surface area contributed by atoms with Crippen LogP contribution in [0.4, 0.5) is 4.39 Å². The van der Waals surface area contributed by atoms with Crippen LogP contribution in [-0.4, -0.2) is 90.8 Å². The van der Waals surface area contributed by atoms with E-state index in [4.69, 9.17) is 9.47 Å². The molecule has 0 saturated carbocycles. The first-order valence-electron chi connectivity index (χ1n) is 13.4. The Kier molecular flexibility index (Phi) is 8.33. The fraction of sp³-hybridized carbons (Fsp3) is 0.571. The van der Waals surface area contributed by atoms with Crippen molar-refractivity contribution in [1.29, 1.82) is 0 Å². The first-order chi connectivity index (χ1) is 17.7. The number of ether oxygens (including phenoxy) is 2. The highest BCUT2D eigenvalue weighted by Gasteiger charge is 2.26. The van der Waals surface area contributed by atoms with Crippen LogP contribution in [0.5, 0.6) is 11.8 Å². The van der Waals surface area contributed by atoms with E-state index in [1.54, 1.807) is 12.1 Å². The molecule has 1 amide bonds. The Morgan fingerprint density at radius 3 is 2.75 bits per heavy atom. The maximum atomic E-state index is 13.2. The van der Waals surface area contributed by atoms with Crippen LogP contribution in [0.25, 0.3) is 0 Å². The van der Waals surface area contributed by atoms with E-state index < -0.39 is 0 Å². The van der Waals surface area contributed by atoms with Crippen LogP contribution in [0, 0.1) is 0 Å². The number of halogens is 1. The van der Waals surface area contributed by atoms with Crippen LogP contribution in [0.2, 0.25) is 0 Å². The molecule has 194 valence electrons. The van der Waals surface area contributed by atoms with Gasteiger partial charge in [0.05, 0.1) is 6.54 Å². The Morgan fingerprint density at radius 2 is 1.86 bits per heavy atom. The average Bonchev–Trinajstić information content (AvgIpc) is 3.21. The van der Waals surface area contributed by atoms with Gasteiger partial charge in [0.2, 0.25) is 11.8 Å². The largest absolute Gasteiger partial charge is 0.475 e. The van der Waals surface area contributed by atoms with E-state index >= 15 is 0 Å². The van der Waals surface area contributed by atoms with Crippen molar-refractivity contribution in [2.24, 2.45) is 0 Å². The zero-order valence-electron chi connectivity index (χ0n) is 21.0. The number of carbonyl (C=O) groups is 1. The first-order valence-corrected chi connectivity index (χ1v) is 13.4. The highest BCUT2D eigenvalue weighted by Crippen LogP contribution is 2.26. The Morgan fingerprint density at radius 1 is 0.972 bits per heavy atom. The summed E-state index contributed by atoms with van der Waals surface area (Å²) >= 11 is 0. The highest BCUT2D eigenvalue weighted by molar-refractivity contribution is 5.96. The predicted molar refractivity (Wildman–Crippen MR) is 136 cm³/mol. The lowest BCUT2D eigenvalue weighted by Gasteiger charge is -2.29. The number of amides is 1. The summed E-state index contributed by atoms with van der Waals surface area (Å²) in [6, 6.07) is 12.2. The molecule has 0 N–H and O–H groups in total. The van der Waals surface area contributed by atoms with Gasteiger partial charge in [0.1, 0.15) is 24.9 Å². The molecule has 2 aromatic rings. The first kappa shape index (κ1) is 25.0. The zero-order valence-corrected chi connectivity index (χ0v) is 21.0. The monoisotopic (exact) mass is 496 g/mol. The molecule has 1 saturated heterocycles. The number of aromatic nitrogens is 1. The van der Waals surface area contributed by atoms with Gasteiger partial charge in [0.25, 0.3) is 5.91 Å². The summed E-state index contributed by atoms with van der Waals surface area (Å²) in [6.45, 7) is 6.62. The van der Waals surface area contributed by atoms with Gasteiger partial charge in [0, 0.05) is 45.3 Å². The van der Waals surface area contributed by atoms with Crippen LogP contribution in [-0.2, 0) is 13.0 Å². The van der Waals surface area contributed by atoms with Gasteiger partial charge in [0.15, 0.2) is 0 Å². The van der Waals surface area contributed by atoms with E-state index in [1.165, 1.54) is 11.1 Å². The van der Waals surface area contributed by atoms with E-state index in [-0.39, 0.29) is 18.7 Å². The fourth-order valence-corrected chi connectivity index (χ4v) is 5.49. The van der Waals surface area contributed by atoms with Gasteiger partial charge in [-0.2, -0.15) is 4.98 Å². The number of hydrogen-bond donors (Lipinski definition) is 0. The lowest BCUT2D eigenvalue weighted by atomic mass is 10.00. The second-order valence-electron chi connectivity index (χ2n) is 9.99. The number of likely N-dealkylation sites (tertiary alicyclic amines) is 1. The molecule has 5 rings (SSSR count). The van der Waals surface area contributed by atoms with E-state index in [0.29, 0.717) is 43.6 Å². The van der Waals surface area contributed by atoms with Crippen molar-refractivity contribution in [1.82, 2.24) is 19.7 Å². The molecule has 1 aromatic heterocycles. The zero-order chi connectivity index (χ0) is 24.7. The Hall–Kier alpha value is -2.71. The molecule has 1 fully saturated rings. The van der Waals surface area contributed by atoms with Crippen LogP contribution >= 0.6 is 0 Å². The normalized spacial score (nSPS) is 21.2. The molecule has 0 spiro atoms. The summed E-state index contributed by atoms with van der Waals surface area (Å²) in [5.74, 6) is 0.825. The van der Waals surface area contributed by atoms with Gasteiger partial charge in [-0.05, 0) is 55.8 Å². The molecule has 0 bridgehead atoms. The molecule has 4 heterocycles. The smallest absolute Gasteiger partial charge is 0.259 e. The van der Waals surface area contributed by atoms with Gasteiger partial charge in [-0.15, -0.1) is 0 Å². The molecular weight excluding hydrogens is 459 g/mol. The second kappa shape index (κ2) is 12.0. The molecule has 1 aromatic carbocycles. The highest BCUT2D eigenvalue weighted by atomic mass is 19.1. The van der Waals surface area contributed by atoms with Crippen LogP contribution in [0.1, 0.15) is 47.2 Å². The quantitative estimate of drug-likeness (QED) is 0.557. The summed E-state index contributed by atoms with van der Waals surface area (Å²) in [5.41, 5.74) is 3.38. The maximum Gasteiger partial charge on any atom is 0.259 e. The van der Waals surface area contributed by atoms with Crippen molar-refractivity contribution < 1.29 is 18.7 Å². The second-order valence-corrected chi connectivity index (χ2v) is 9.99. The third kappa shape index (κ3) is 6.16. The van der Waals surface area contributed by atoms with Crippen molar-refractivity contribution in [3.05, 3.63) is 53.1 Å². The van der Waals surface area contributed by atoms with Crippen molar-refractivity contribution in [3.63, 3.8) is 0 Å². The van der Waals surface area contributed by atoms with Crippen molar-refractivity contribution in [2.45, 2.75) is 44.8 Å². The number of hydrogen-bond acceptors (Lipinski definition) is 6. The molecule has 1 unspecified atom stereocenters. The number of fused-ring (bicyclic) bond motifs is 2. The van der Waals surface area contributed by atoms with Crippen molar-refractivity contribution >= 4 is 5.91 Å². The number of carbonyl (C=O) groups excluding carboxylic acids is 1. The molecular formula is C28H37FN4O3. The Bertz CT molecular complexity index is 1040. The van der Waals surface area contributed by atoms with E-state index in [1.807, 2.05) is 4.90 Å². The lowest BCUT2D eigenvalue weighted by Crippen LogP contribution is -2.36. The molecule has 7 nitrogen and oxygen atoms in total. The molecule has 8 heteroatoms. The van der Waals surface area contributed by atoms with Crippen LogP contribution in [0.3, 0.4) is 0 Å². The summed E-state index contributed by atoms with van der Waals surface area (Å²) < 4.78 is 24.7. The van der Waals surface area contributed by atoms with E-state index in [0.717, 1.165) is 64.8 Å². The van der Waals surface area contributed by atoms with Crippen LogP contribution < -0.4 is 9.47 Å². The number of alkyl halides is 1. The third-order valence-electron chi connectivity index (χ3n) is 7.52. The SMILES string of the molecule is O=C1c2ccc(OC3CCCN(CCF)CC3)nc2OCCN1CCCN1CCc2ccccc2C1. The summed E-state index contributed by atoms with van der Waals surface area (Å²) in [7, 11) is 0.